The Kier molecular flexibility index (Phi) is 4.65. The van der Waals surface area contributed by atoms with Crippen LogP contribution in [0.5, 0.6) is 5.75 Å². The van der Waals surface area contributed by atoms with Gasteiger partial charge in [-0.2, -0.15) is 0 Å². The van der Waals surface area contributed by atoms with Gasteiger partial charge in [0, 0.05) is 24.7 Å². The third-order valence-electron chi connectivity index (χ3n) is 3.43. The fraction of sp³-hybridized carbons (Fsp3) is 0.562. The predicted molar refractivity (Wildman–Crippen MR) is 79.9 cm³/mol. The van der Waals surface area contributed by atoms with Gasteiger partial charge in [-0.25, -0.2) is 0 Å². The summed E-state index contributed by atoms with van der Waals surface area (Å²) in [5, 5.41) is 0. The number of rotatable bonds is 3. The molecule has 0 spiro atoms. The topological polar surface area (TPSA) is 55.6 Å². The van der Waals surface area contributed by atoms with Crippen LogP contribution in [0.25, 0.3) is 0 Å². The molecule has 2 unspecified atom stereocenters. The number of nitrogens with zero attached hydrogens (tertiary/aromatic N) is 1. The number of piperidine rings is 1. The van der Waals surface area contributed by atoms with Crippen molar-refractivity contribution in [1.82, 2.24) is 4.90 Å². The first-order chi connectivity index (χ1) is 9.45. The molecular formula is C16H24N2O2. The Morgan fingerprint density at radius 1 is 1.40 bits per heavy atom. The van der Waals surface area contributed by atoms with Gasteiger partial charge in [-0.1, -0.05) is 13.0 Å². The van der Waals surface area contributed by atoms with Crippen LogP contribution in [0.3, 0.4) is 0 Å². The molecular weight excluding hydrogens is 252 g/mol. The normalized spacial score (nSPS) is 22.9. The second-order valence-electron chi connectivity index (χ2n) is 6.01. The Morgan fingerprint density at radius 2 is 2.15 bits per heavy atom. The van der Waals surface area contributed by atoms with Crippen LogP contribution in [-0.4, -0.2) is 36.0 Å². The lowest BCUT2D eigenvalue weighted by molar-refractivity contribution is 0.0660. The van der Waals surface area contributed by atoms with Crippen molar-refractivity contribution in [1.29, 1.82) is 0 Å². The molecule has 1 saturated heterocycles. The van der Waals surface area contributed by atoms with Crippen molar-refractivity contribution in [2.45, 2.75) is 39.3 Å². The molecule has 0 bridgehead atoms. The molecule has 1 fully saturated rings. The average Bonchev–Trinajstić information content (AvgIpc) is 2.36. The zero-order valence-corrected chi connectivity index (χ0v) is 12.5. The Bertz CT molecular complexity index is 463. The van der Waals surface area contributed by atoms with Crippen LogP contribution in [0.4, 0.5) is 0 Å². The molecule has 2 rings (SSSR count). The summed E-state index contributed by atoms with van der Waals surface area (Å²) in [5.74, 6) is 1.24. The van der Waals surface area contributed by atoms with Crippen LogP contribution in [0.2, 0.25) is 0 Å². The molecule has 0 aliphatic carbocycles. The summed E-state index contributed by atoms with van der Waals surface area (Å²) in [7, 11) is 0. The average molecular weight is 276 g/mol. The van der Waals surface area contributed by atoms with Crippen molar-refractivity contribution in [3.8, 4) is 5.75 Å². The highest BCUT2D eigenvalue weighted by Crippen LogP contribution is 2.20. The molecule has 110 valence electrons. The molecule has 0 saturated carbocycles. The SMILES string of the molecule is CC1CC(N)CN(C(=O)c2cccc(OC(C)C)c2)C1. The second-order valence-corrected chi connectivity index (χ2v) is 6.01. The minimum atomic E-state index is 0.0428. The summed E-state index contributed by atoms with van der Waals surface area (Å²) < 4.78 is 5.64. The van der Waals surface area contributed by atoms with Gasteiger partial charge in [0.2, 0.25) is 0 Å². The first kappa shape index (κ1) is 14.9. The fourth-order valence-corrected chi connectivity index (χ4v) is 2.72. The molecule has 1 aliphatic heterocycles. The molecule has 1 aliphatic rings. The van der Waals surface area contributed by atoms with Crippen molar-refractivity contribution < 1.29 is 9.53 Å². The number of carbonyl (C=O) groups is 1. The Hall–Kier alpha value is -1.55. The molecule has 0 aromatic heterocycles. The summed E-state index contributed by atoms with van der Waals surface area (Å²) >= 11 is 0. The van der Waals surface area contributed by atoms with Gasteiger partial charge in [0.25, 0.3) is 5.91 Å². The van der Waals surface area contributed by atoms with Gasteiger partial charge < -0.3 is 15.4 Å². The van der Waals surface area contributed by atoms with Gasteiger partial charge in [0.05, 0.1) is 6.10 Å². The zero-order chi connectivity index (χ0) is 14.7. The number of hydrogen-bond donors (Lipinski definition) is 1. The van der Waals surface area contributed by atoms with E-state index < -0.39 is 0 Å². The van der Waals surface area contributed by atoms with E-state index in [2.05, 4.69) is 6.92 Å². The van der Waals surface area contributed by atoms with Crippen molar-refractivity contribution in [3.63, 3.8) is 0 Å². The van der Waals surface area contributed by atoms with Crippen LogP contribution in [-0.2, 0) is 0 Å². The molecule has 4 heteroatoms. The smallest absolute Gasteiger partial charge is 0.254 e. The molecule has 1 amide bonds. The Balaban J connectivity index is 2.12. The largest absolute Gasteiger partial charge is 0.491 e. The maximum atomic E-state index is 12.5. The molecule has 2 atom stereocenters. The Morgan fingerprint density at radius 3 is 2.80 bits per heavy atom. The predicted octanol–water partition coefficient (Wildman–Crippen LogP) is 2.28. The van der Waals surface area contributed by atoms with Gasteiger partial charge in [0.1, 0.15) is 5.75 Å². The number of ether oxygens (including phenoxy) is 1. The number of nitrogens with two attached hydrogens (primary N) is 1. The van der Waals surface area contributed by atoms with E-state index >= 15 is 0 Å². The van der Waals surface area contributed by atoms with Gasteiger partial charge >= 0.3 is 0 Å². The summed E-state index contributed by atoms with van der Waals surface area (Å²) in [4.78, 5) is 14.4. The van der Waals surface area contributed by atoms with E-state index in [4.69, 9.17) is 10.5 Å². The highest BCUT2D eigenvalue weighted by molar-refractivity contribution is 5.94. The highest BCUT2D eigenvalue weighted by Gasteiger charge is 2.26. The molecule has 1 aromatic rings. The van der Waals surface area contributed by atoms with Crippen LogP contribution in [0.15, 0.2) is 24.3 Å². The van der Waals surface area contributed by atoms with E-state index in [9.17, 15) is 4.79 Å². The summed E-state index contributed by atoms with van der Waals surface area (Å²) in [6, 6.07) is 7.46. The van der Waals surface area contributed by atoms with Crippen molar-refractivity contribution in [3.05, 3.63) is 29.8 Å². The van der Waals surface area contributed by atoms with Crippen LogP contribution in [0.1, 0.15) is 37.6 Å². The van der Waals surface area contributed by atoms with E-state index in [-0.39, 0.29) is 18.1 Å². The number of benzene rings is 1. The molecule has 0 radical (unpaired) electrons. The zero-order valence-electron chi connectivity index (χ0n) is 12.5. The number of likely N-dealkylation sites (tertiary alicyclic amines) is 1. The molecule has 1 aromatic carbocycles. The number of hydrogen-bond acceptors (Lipinski definition) is 3. The van der Waals surface area contributed by atoms with Crippen molar-refractivity contribution in [2.75, 3.05) is 13.1 Å². The van der Waals surface area contributed by atoms with Crippen molar-refractivity contribution in [2.24, 2.45) is 11.7 Å². The van der Waals surface area contributed by atoms with Gasteiger partial charge in [-0.15, -0.1) is 0 Å². The van der Waals surface area contributed by atoms with E-state index in [1.165, 1.54) is 0 Å². The van der Waals surface area contributed by atoms with E-state index in [0.717, 1.165) is 18.7 Å². The lowest BCUT2D eigenvalue weighted by Crippen LogP contribution is -2.48. The third kappa shape index (κ3) is 3.73. The minimum Gasteiger partial charge on any atom is -0.491 e. The summed E-state index contributed by atoms with van der Waals surface area (Å²) in [6.07, 6.45) is 1.09. The minimum absolute atomic E-state index is 0.0428. The number of carbonyl (C=O) groups excluding carboxylic acids is 1. The lowest BCUT2D eigenvalue weighted by Gasteiger charge is -2.34. The molecule has 1 heterocycles. The third-order valence-corrected chi connectivity index (χ3v) is 3.43. The van der Waals surface area contributed by atoms with Crippen LogP contribution in [0, 0.1) is 5.92 Å². The monoisotopic (exact) mass is 276 g/mol. The number of amides is 1. The Labute approximate surface area is 120 Å². The summed E-state index contributed by atoms with van der Waals surface area (Å²) in [6.45, 7) is 7.50. The maximum Gasteiger partial charge on any atom is 0.254 e. The first-order valence-corrected chi connectivity index (χ1v) is 7.27. The first-order valence-electron chi connectivity index (χ1n) is 7.27. The second kappa shape index (κ2) is 6.27. The van der Waals surface area contributed by atoms with Gasteiger partial charge in [-0.05, 0) is 44.4 Å². The van der Waals surface area contributed by atoms with Crippen LogP contribution >= 0.6 is 0 Å². The fourth-order valence-electron chi connectivity index (χ4n) is 2.72. The van der Waals surface area contributed by atoms with Crippen molar-refractivity contribution >= 4 is 5.91 Å². The highest BCUT2D eigenvalue weighted by atomic mass is 16.5. The summed E-state index contributed by atoms with van der Waals surface area (Å²) in [5.41, 5.74) is 6.68. The molecule has 20 heavy (non-hydrogen) atoms. The van der Waals surface area contributed by atoms with Gasteiger partial charge in [-0.3, -0.25) is 4.79 Å². The quantitative estimate of drug-likeness (QED) is 0.921. The van der Waals surface area contributed by atoms with E-state index in [0.29, 0.717) is 18.0 Å². The lowest BCUT2D eigenvalue weighted by atomic mass is 9.96. The standard InChI is InChI=1S/C16H24N2O2/c1-11(2)20-15-6-4-5-13(8-15)16(19)18-9-12(3)7-14(17)10-18/h4-6,8,11-12,14H,7,9-10,17H2,1-3H3. The van der Waals surface area contributed by atoms with E-state index in [1.54, 1.807) is 0 Å². The van der Waals surface area contributed by atoms with Gasteiger partial charge in [0.15, 0.2) is 0 Å². The molecule has 2 N–H and O–H groups in total. The maximum absolute atomic E-state index is 12.5. The molecule has 4 nitrogen and oxygen atoms in total. The van der Waals surface area contributed by atoms with Crippen LogP contribution < -0.4 is 10.5 Å². The van der Waals surface area contributed by atoms with E-state index in [1.807, 2.05) is 43.0 Å².